The van der Waals surface area contributed by atoms with Crippen LogP contribution in [0.15, 0.2) is 53.4 Å². The van der Waals surface area contributed by atoms with Gasteiger partial charge in [0.1, 0.15) is 12.4 Å². The fraction of sp³-hybridized carbons (Fsp3) is 0.133. The first-order valence-electron chi connectivity index (χ1n) is 6.58. The highest BCUT2D eigenvalue weighted by molar-refractivity contribution is 7.89. The third kappa shape index (κ3) is 4.70. The van der Waals surface area contributed by atoms with Crippen molar-refractivity contribution in [2.24, 2.45) is 5.14 Å². The number of hydrogen-bond acceptors (Lipinski definition) is 5. The van der Waals surface area contributed by atoms with E-state index in [4.69, 9.17) is 14.6 Å². The highest BCUT2D eigenvalue weighted by Crippen LogP contribution is 2.27. The number of amides is 1. The van der Waals surface area contributed by atoms with Gasteiger partial charge < -0.3 is 9.47 Å². The van der Waals surface area contributed by atoms with Crippen LogP contribution in [0.5, 0.6) is 5.75 Å². The monoisotopic (exact) mass is 336 g/mol. The molecule has 3 N–H and O–H groups in total. The number of anilines is 1. The van der Waals surface area contributed by atoms with Crippen LogP contribution >= 0.6 is 0 Å². The molecule has 7 nitrogen and oxygen atoms in total. The van der Waals surface area contributed by atoms with Crippen LogP contribution in [0.3, 0.4) is 0 Å². The van der Waals surface area contributed by atoms with Gasteiger partial charge in [-0.3, -0.25) is 5.32 Å². The van der Waals surface area contributed by atoms with E-state index in [9.17, 15) is 13.2 Å². The molecule has 122 valence electrons. The Morgan fingerprint density at radius 2 is 1.87 bits per heavy atom. The van der Waals surface area contributed by atoms with Crippen molar-refractivity contribution in [1.29, 1.82) is 0 Å². The Bertz CT molecular complexity index is 791. The van der Waals surface area contributed by atoms with Gasteiger partial charge in [-0.25, -0.2) is 18.4 Å². The van der Waals surface area contributed by atoms with E-state index in [0.717, 1.165) is 5.56 Å². The lowest BCUT2D eigenvalue weighted by Crippen LogP contribution is -2.15. The summed E-state index contributed by atoms with van der Waals surface area (Å²) in [6, 6.07) is 13.1. The van der Waals surface area contributed by atoms with E-state index in [1.54, 1.807) is 0 Å². The lowest BCUT2D eigenvalue weighted by Gasteiger charge is -2.11. The standard InChI is InChI=1S/C15H16N2O5S/c1-21-14-9-12(23(16,19)20)7-8-13(14)17-15(18)22-10-11-5-3-2-4-6-11/h2-9H,10H2,1H3,(H,17,18)(H2,16,19,20). The van der Waals surface area contributed by atoms with Crippen LogP contribution in [-0.4, -0.2) is 21.6 Å². The molecule has 0 spiro atoms. The number of methoxy groups -OCH3 is 1. The Labute approximate surface area is 134 Å². The summed E-state index contributed by atoms with van der Waals surface area (Å²) in [6.07, 6.45) is -0.685. The number of carbonyl (C=O) groups excluding carboxylic acids is 1. The van der Waals surface area contributed by atoms with Crippen LogP contribution in [0.1, 0.15) is 5.56 Å². The third-order valence-electron chi connectivity index (χ3n) is 2.95. The van der Waals surface area contributed by atoms with E-state index in [0.29, 0.717) is 0 Å². The Hall–Kier alpha value is -2.58. The van der Waals surface area contributed by atoms with Gasteiger partial charge in [-0.2, -0.15) is 0 Å². The number of sulfonamides is 1. The van der Waals surface area contributed by atoms with Gasteiger partial charge in [0.05, 0.1) is 17.7 Å². The third-order valence-corrected chi connectivity index (χ3v) is 3.86. The number of carbonyl (C=O) groups is 1. The molecule has 2 aromatic rings. The van der Waals surface area contributed by atoms with E-state index in [1.807, 2.05) is 30.3 Å². The van der Waals surface area contributed by atoms with Gasteiger partial charge >= 0.3 is 6.09 Å². The van der Waals surface area contributed by atoms with Crippen molar-refractivity contribution in [3.8, 4) is 5.75 Å². The first-order valence-corrected chi connectivity index (χ1v) is 8.13. The fourth-order valence-corrected chi connectivity index (χ4v) is 2.35. The highest BCUT2D eigenvalue weighted by Gasteiger charge is 2.14. The van der Waals surface area contributed by atoms with E-state index >= 15 is 0 Å². The lowest BCUT2D eigenvalue weighted by atomic mass is 10.2. The van der Waals surface area contributed by atoms with Crippen molar-refractivity contribution < 1.29 is 22.7 Å². The van der Waals surface area contributed by atoms with Crippen LogP contribution in [0.4, 0.5) is 10.5 Å². The maximum Gasteiger partial charge on any atom is 0.412 e. The zero-order chi connectivity index (χ0) is 16.9. The van der Waals surface area contributed by atoms with E-state index in [1.165, 1.54) is 25.3 Å². The van der Waals surface area contributed by atoms with Gasteiger partial charge in [-0.15, -0.1) is 0 Å². The van der Waals surface area contributed by atoms with Crippen molar-refractivity contribution in [2.45, 2.75) is 11.5 Å². The molecule has 0 saturated carbocycles. The second kappa shape index (κ2) is 7.12. The normalized spacial score (nSPS) is 10.9. The molecule has 2 aromatic carbocycles. The second-order valence-electron chi connectivity index (χ2n) is 4.59. The van der Waals surface area contributed by atoms with Crippen molar-refractivity contribution in [3.05, 3.63) is 54.1 Å². The predicted octanol–water partition coefficient (Wildman–Crippen LogP) is 2.09. The molecule has 2 rings (SSSR count). The summed E-state index contributed by atoms with van der Waals surface area (Å²) in [5.74, 6) is 0.160. The Balaban J connectivity index is 2.06. The SMILES string of the molecule is COc1cc(S(N)(=O)=O)ccc1NC(=O)OCc1ccccc1. The van der Waals surface area contributed by atoms with Gasteiger partial charge in [0.15, 0.2) is 0 Å². The molecule has 0 unspecified atom stereocenters. The molecule has 0 aliphatic rings. The average Bonchev–Trinajstić information content (AvgIpc) is 2.53. The van der Waals surface area contributed by atoms with Crippen molar-refractivity contribution in [1.82, 2.24) is 0 Å². The van der Waals surface area contributed by atoms with Crippen LogP contribution < -0.4 is 15.2 Å². The molecule has 23 heavy (non-hydrogen) atoms. The Morgan fingerprint density at radius 1 is 1.17 bits per heavy atom. The number of rotatable bonds is 5. The lowest BCUT2D eigenvalue weighted by molar-refractivity contribution is 0.155. The second-order valence-corrected chi connectivity index (χ2v) is 6.16. The summed E-state index contributed by atoms with van der Waals surface area (Å²) in [6.45, 7) is 0.115. The summed E-state index contributed by atoms with van der Waals surface area (Å²) in [5.41, 5.74) is 1.12. The van der Waals surface area contributed by atoms with Crippen LogP contribution in [0, 0.1) is 0 Å². The molecule has 0 bridgehead atoms. The van der Waals surface area contributed by atoms with Crippen LogP contribution in [-0.2, 0) is 21.4 Å². The maximum absolute atomic E-state index is 11.8. The molecule has 0 aliphatic heterocycles. The Morgan fingerprint density at radius 3 is 2.48 bits per heavy atom. The minimum atomic E-state index is -3.85. The molecule has 0 heterocycles. The minimum Gasteiger partial charge on any atom is -0.495 e. The maximum atomic E-state index is 11.8. The first kappa shape index (κ1) is 16.8. The smallest absolute Gasteiger partial charge is 0.412 e. The summed E-state index contributed by atoms with van der Waals surface area (Å²) in [7, 11) is -2.50. The van der Waals surface area contributed by atoms with Gasteiger partial charge in [-0.1, -0.05) is 30.3 Å². The number of hydrogen-bond donors (Lipinski definition) is 2. The summed E-state index contributed by atoms with van der Waals surface area (Å²) >= 11 is 0. The molecule has 0 aromatic heterocycles. The van der Waals surface area contributed by atoms with Crippen LogP contribution in [0.25, 0.3) is 0 Å². The number of primary sulfonamides is 1. The molecule has 8 heteroatoms. The zero-order valence-electron chi connectivity index (χ0n) is 12.4. The largest absolute Gasteiger partial charge is 0.495 e. The summed E-state index contributed by atoms with van der Waals surface area (Å²) < 4.78 is 32.7. The topological polar surface area (TPSA) is 108 Å². The molecular formula is C15H16N2O5S. The van der Waals surface area contributed by atoms with Gasteiger partial charge in [0.2, 0.25) is 10.0 Å². The molecule has 0 atom stereocenters. The summed E-state index contributed by atoms with van der Waals surface area (Å²) in [5, 5.41) is 7.54. The number of benzene rings is 2. The van der Waals surface area contributed by atoms with E-state index in [-0.39, 0.29) is 22.9 Å². The van der Waals surface area contributed by atoms with E-state index < -0.39 is 16.1 Å². The van der Waals surface area contributed by atoms with Crippen molar-refractivity contribution >= 4 is 21.8 Å². The van der Waals surface area contributed by atoms with Crippen molar-refractivity contribution in [3.63, 3.8) is 0 Å². The molecule has 0 radical (unpaired) electrons. The predicted molar refractivity (Wildman–Crippen MR) is 84.6 cm³/mol. The number of ether oxygens (including phenoxy) is 2. The fourth-order valence-electron chi connectivity index (χ4n) is 1.82. The van der Waals surface area contributed by atoms with Crippen molar-refractivity contribution in [2.75, 3.05) is 12.4 Å². The molecule has 0 fully saturated rings. The van der Waals surface area contributed by atoms with Crippen LogP contribution in [0.2, 0.25) is 0 Å². The van der Waals surface area contributed by atoms with Gasteiger partial charge in [-0.05, 0) is 17.7 Å². The number of nitrogens with one attached hydrogen (secondary N) is 1. The zero-order valence-corrected chi connectivity index (χ0v) is 13.2. The molecule has 0 saturated heterocycles. The quantitative estimate of drug-likeness (QED) is 0.869. The highest BCUT2D eigenvalue weighted by atomic mass is 32.2. The first-order chi connectivity index (χ1) is 10.9. The van der Waals surface area contributed by atoms with Gasteiger partial charge in [0, 0.05) is 6.07 Å². The molecular weight excluding hydrogens is 320 g/mol. The molecule has 0 aliphatic carbocycles. The average molecular weight is 336 g/mol. The minimum absolute atomic E-state index is 0.113. The summed E-state index contributed by atoms with van der Waals surface area (Å²) in [4.78, 5) is 11.7. The van der Waals surface area contributed by atoms with E-state index in [2.05, 4.69) is 5.32 Å². The Kier molecular flexibility index (Phi) is 5.20. The van der Waals surface area contributed by atoms with Gasteiger partial charge in [0.25, 0.3) is 0 Å². The molecule has 1 amide bonds. The number of nitrogens with two attached hydrogens (primary N) is 1.